The molecule has 0 heterocycles. The van der Waals surface area contributed by atoms with Gasteiger partial charge >= 0.3 is 0 Å². The molecular weight excluding hydrogens is 369 g/mol. The number of rotatable bonds is 4. The van der Waals surface area contributed by atoms with Crippen LogP contribution in [-0.4, -0.2) is 4.92 Å². The maximum absolute atomic E-state index is 10.8. The second-order valence-corrected chi connectivity index (χ2v) is 5.42. The number of halogens is 3. The van der Waals surface area contributed by atoms with Crippen molar-refractivity contribution in [3.05, 3.63) is 61.6 Å². The topological polar surface area (TPSA) is 52.4 Å². The number of nitro groups is 1. The normalized spacial score (nSPS) is 10.3. The Hall–Kier alpha value is -1.30. The van der Waals surface area contributed by atoms with Crippen LogP contribution in [-0.2, 0) is 5.88 Å². The average Bonchev–Trinajstić information content (AvgIpc) is 2.41. The van der Waals surface area contributed by atoms with E-state index in [1.54, 1.807) is 24.3 Å². The summed E-state index contributed by atoms with van der Waals surface area (Å²) >= 11 is 15.0. The lowest BCUT2D eigenvalue weighted by molar-refractivity contribution is -0.384. The molecule has 2 rings (SSSR count). The Balaban J connectivity index is 2.41. The van der Waals surface area contributed by atoms with Gasteiger partial charge in [-0.15, -0.1) is 11.6 Å². The van der Waals surface area contributed by atoms with Gasteiger partial charge in [0.1, 0.15) is 11.5 Å². The zero-order valence-electron chi connectivity index (χ0n) is 9.98. The molecule has 0 aliphatic carbocycles. The first-order chi connectivity index (χ1) is 9.51. The Morgan fingerprint density at radius 3 is 2.60 bits per heavy atom. The Morgan fingerprint density at radius 1 is 1.20 bits per heavy atom. The summed E-state index contributed by atoms with van der Waals surface area (Å²) in [6.45, 7) is 0. The van der Waals surface area contributed by atoms with Gasteiger partial charge in [0.15, 0.2) is 0 Å². The van der Waals surface area contributed by atoms with Gasteiger partial charge in [-0.2, -0.15) is 0 Å². The summed E-state index contributed by atoms with van der Waals surface area (Å²) < 4.78 is 6.28. The predicted molar refractivity (Wildman–Crippen MR) is 81.9 cm³/mol. The molecular formula is C13H8BrCl2NO3. The summed E-state index contributed by atoms with van der Waals surface area (Å²) in [7, 11) is 0. The van der Waals surface area contributed by atoms with Gasteiger partial charge in [-0.3, -0.25) is 10.1 Å². The third-order valence-electron chi connectivity index (χ3n) is 2.52. The number of benzene rings is 2. The molecule has 0 unspecified atom stereocenters. The van der Waals surface area contributed by atoms with E-state index in [4.69, 9.17) is 27.9 Å². The van der Waals surface area contributed by atoms with Gasteiger partial charge in [0.05, 0.1) is 21.3 Å². The number of nitro benzene ring substituents is 1. The average molecular weight is 377 g/mol. The third-order valence-corrected chi connectivity index (χ3v) is 3.70. The van der Waals surface area contributed by atoms with E-state index in [1.165, 1.54) is 12.1 Å². The first kappa shape index (κ1) is 15.1. The number of alkyl halides is 1. The smallest absolute Gasteiger partial charge is 0.273 e. The van der Waals surface area contributed by atoms with Gasteiger partial charge in [0, 0.05) is 16.7 Å². The largest absolute Gasteiger partial charge is 0.456 e. The van der Waals surface area contributed by atoms with Gasteiger partial charge in [-0.25, -0.2) is 0 Å². The quantitative estimate of drug-likeness (QED) is 0.399. The fourth-order valence-corrected chi connectivity index (χ4v) is 2.25. The van der Waals surface area contributed by atoms with E-state index in [-0.39, 0.29) is 11.6 Å². The molecule has 0 saturated carbocycles. The molecule has 4 nitrogen and oxygen atoms in total. The lowest BCUT2D eigenvalue weighted by Gasteiger charge is -2.11. The summed E-state index contributed by atoms with van der Waals surface area (Å²) in [5.41, 5.74) is 0.687. The van der Waals surface area contributed by atoms with Crippen LogP contribution in [0.3, 0.4) is 0 Å². The molecule has 2 aromatic carbocycles. The molecule has 0 aliphatic rings. The van der Waals surface area contributed by atoms with Crippen LogP contribution in [0.25, 0.3) is 0 Å². The highest BCUT2D eigenvalue weighted by Crippen LogP contribution is 2.35. The van der Waals surface area contributed by atoms with Crippen molar-refractivity contribution in [3.63, 3.8) is 0 Å². The SMILES string of the molecule is O=[N+]([O-])c1ccc(Br)c(Oc2cc(Cl)ccc2CCl)c1. The van der Waals surface area contributed by atoms with Crippen molar-refractivity contribution in [2.24, 2.45) is 0 Å². The van der Waals surface area contributed by atoms with Gasteiger partial charge in [-0.1, -0.05) is 17.7 Å². The Labute approximate surface area is 133 Å². The Kier molecular flexibility index (Phi) is 4.86. The highest BCUT2D eigenvalue weighted by Gasteiger charge is 2.13. The number of hydrogen-bond acceptors (Lipinski definition) is 3. The van der Waals surface area contributed by atoms with Crippen LogP contribution < -0.4 is 4.74 Å². The van der Waals surface area contributed by atoms with Crippen LogP contribution in [0.2, 0.25) is 5.02 Å². The number of nitrogens with zero attached hydrogens (tertiary/aromatic N) is 1. The molecule has 2 aromatic rings. The standard InChI is InChI=1S/C13H8BrCl2NO3/c14-11-4-3-10(17(18)19)6-13(11)20-12-5-9(16)2-1-8(12)7-15/h1-6H,7H2. The maximum atomic E-state index is 10.8. The molecule has 0 saturated heterocycles. The number of non-ortho nitro benzene ring substituents is 1. The van der Waals surface area contributed by atoms with E-state index in [2.05, 4.69) is 15.9 Å². The zero-order chi connectivity index (χ0) is 14.7. The zero-order valence-corrected chi connectivity index (χ0v) is 13.1. The van der Waals surface area contributed by atoms with Crippen molar-refractivity contribution < 1.29 is 9.66 Å². The molecule has 0 fully saturated rings. The Morgan fingerprint density at radius 2 is 1.95 bits per heavy atom. The maximum Gasteiger partial charge on any atom is 0.273 e. The van der Waals surface area contributed by atoms with E-state index < -0.39 is 4.92 Å². The van der Waals surface area contributed by atoms with Crippen molar-refractivity contribution in [1.29, 1.82) is 0 Å². The third kappa shape index (κ3) is 3.42. The lowest BCUT2D eigenvalue weighted by Crippen LogP contribution is -1.93. The molecule has 0 spiro atoms. The highest BCUT2D eigenvalue weighted by atomic mass is 79.9. The van der Waals surface area contributed by atoms with Crippen molar-refractivity contribution in [1.82, 2.24) is 0 Å². The van der Waals surface area contributed by atoms with Gasteiger partial charge in [0.25, 0.3) is 5.69 Å². The summed E-state index contributed by atoms with van der Waals surface area (Å²) in [5, 5.41) is 11.3. The van der Waals surface area contributed by atoms with Gasteiger partial charge in [0.2, 0.25) is 0 Å². The summed E-state index contributed by atoms with van der Waals surface area (Å²) in [6.07, 6.45) is 0. The van der Waals surface area contributed by atoms with Crippen molar-refractivity contribution >= 4 is 44.8 Å². The van der Waals surface area contributed by atoms with Crippen LogP contribution in [0.4, 0.5) is 5.69 Å². The van der Waals surface area contributed by atoms with Crippen LogP contribution >= 0.6 is 39.1 Å². The molecule has 0 N–H and O–H groups in total. The predicted octanol–water partition coefficient (Wildman–Crippen LogP) is 5.54. The number of ether oxygens (including phenoxy) is 1. The van der Waals surface area contributed by atoms with Crippen LogP contribution in [0, 0.1) is 10.1 Å². The molecule has 0 atom stereocenters. The lowest BCUT2D eigenvalue weighted by atomic mass is 10.2. The number of hydrogen-bond donors (Lipinski definition) is 0. The van der Waals surface area contributed by atoms with E-state index in [1.807, 2.05) is 0 Å². The van der Waals surface area contributed by atoms with Gasteiger partial charge < -0.3 is 4.74 Å². The highest BCUT2D eigenvalue weighted by molar-refractivity contribution is 9.10. The fraction of sp³-hybridized carbons (Fsp3) is 0.0769. The first-order valence-corrected chi connectivity index (χ1v) is 7.18. The minimum Gasteiger partial charge on any atom is -0.456 e. The molecule has 0 aliphatic heterocycles. The molecule has 0 bridgehead atoms. The summed E-state index contributed by atoms with van der Waals surface area (Å²) in [5.74, 6) is 1.04. The second kappa shape index (κ2) is 6.43. The molecule has 0 aromatic heterocycles. The summed E-state index contributed by atoms with van der Waals surface area (Å²) in [4.78, 5) is 10.3. The fourth-order valence-electron chi connectivity index (χ4n) is 1.54. The molecule has 0 radical (unpaired) electrons. The Bertz CT molecular complexity index is 664. The minimum absolute atomic E-state index is 0.0577. The van der Waals surface area contributed by atoms with E-state index in [0.717, 1.165) is 5.56 Å². The van der Waals surface area contributed by atoms with Crippen molar-refractivity contribution in [2.75, 3.05) is 0 Å². The molecule has 7 heteroatoms. The second-order valence-electron chi connectivity index (χ2n) is 3.86. The molecule has 20 heavy (non-hydrogen) atoms. The first-order valence-electron chi connectivity index (χ1n) is 5.47. The van der Waals surface area contributed by atoms with Gasteiger partial charge in [-0.05, 0) is 34.1 Å². The van der Waals surface area contributed by atoms with Crippen LogP contribution in [0.5, 0.6) is 11.5 Å². The van der Waals surface area contributed by atoms with E-state index in [9.17, 15) is 10.1 Å². The minimum atomic E-state index is -0.486. The van der Waals surface area contributed by atoms with E-state index in [0.29, 0.717) is 21.0 Å². The van der Waals surface area contributed by atoms with Crippen molar-refractivity contribution in [3.8, 4) is 11.5 Å². The molecule has 0 amide bonds. The van der Waals surface area contributed by atoms with Crippen molar-refractivity contribution in [2.45, 2.75) is 5.88 Å². The molecule has 104 valence electrons. The van der Waals surface area contributed by atoms with Crippen LogP contribution in [0.15, 0.2) is 40.9 Å². The van der Waals surface area contributed by atoms with E-state index >= 15 is 0 Å². The monoisotopic (exact) mass is 375 g/mol. The van der Waals surface area contributed by atoms with Crippen LogP contribution in [0.1, 0.15) is 5.56 Å². The summed E-state index contributed by atoms with van der Waals surface area (Å²) in [6, 6.07) is 9.34.